The van der Waals surface area contributed by atoms with E-state index in [1.54, 1.807) is 24.4 Å². The molecule has 0 aliphatic carbocycles. The standard InChI is InChI=1S/C21H20ClN3O5S/c1-2-3-9-30-20(28)15-10-14(6-7-16(15)22)24-18(26)12-25-19(27)17(31-21(25)29)11-13-5-4-8-23-13/h4-8,10-11,23H,2-3,9,12H2,1H3,(H,24,26)/b17-11+. The number of thioether (sulfide) groups is 1. The Kier molecular flexibility index (Phi) is 7.54. The molecule has 1 saturated heterocycles. The number of H-pyrrole nitrogens is 1. The maximum absolute atomic E-state index is 12.5. The first-order chi connectivity index (χ1) is 14.9. The summed E-state index contributed by atoms with van der Waals surface area (Å²) in [6, 6.07) is 7.90. The predicted octanol–water partition coefficient (Wildman–Crippen LogP) is 4.30. The highest BCUT2D eigenvalue weighted by Gasteiger charge is 2.36. The second-order valence-electron chi connectivity index (χ2n) is 6.63. The van der Waals surface area contributed by atoms with Crippen molar-refractivity contribution in [2.45, 2.75) is 19.8 Å². The zero-order chi connectivity index (χ0) is 22.4. The largest absolute Gasteiger partial charge is 0.462 e. The lowest BCUT2D eigenvalue weighted by Gasteiger charge is -2.13. The number of anilines is 1. The van der Waals surface area contributed by atoms with Crippen LogP contribution in [0.4, 0.5) is 10.5 Å². The molecular weight excluding hydrogens is 442 g/mol. The molecule has 1 aromatic carbocycles. The van der Waals surface area contributed by atoms with Gasteiger partial charge in [0.2, 0.25) is 5.91 Å². The Bertz CT molecular complexity index is 1040. The third-order valence-electron chi connectivity index (χ3n) is 4.28. The summed E-state index contributed by atoms with van der Waals surface area (Å²) in [6.45, 7) is 1.80. The number of carbonyl (C=O) groups excluding carboxylic acids is 4. The molecule has 0 bridgehead atoms. The zero-order valence-electron chi connectivity index (χ0n) is 16.6. The summed E-state index contributed by atoms with van der Waals surface area (Å²) in [5.74, 6) is -1.72. The Labute approximate surface area is 188 Å². The third kappa shape index (κ3) is 5.77. The van der Waals surface area contributed by atoms with E-state index in [0.717, 1.165) is 29.5 Å². The molecule has 0 saturated carbocycles. The first kappa shape index (κ1) is 22.6. The molecule has 0 unspecified atom stereocenters. The molecular formula is C21H20ClN3O5S. The van der Waals surface area contributed by atoms with Crippen LogP contribution < -0.4 is 5.32 Å². The zero-order valence-corrected chi connectivity index (χ0v) is 18.2. The van der Waals surface area contributed by atoms with Gasteiger partial charge >= 0.3 is 5.97 Å². The number of ether oxygens (including phenoxy) is 1. The molecule has 2 N–H and O–H groups in total. The average Bonchev–Trinajstić information content (AvgIpc) is 3.33. The molecule has 162 valence electrons. The number of aromatic amines is 1. The van der Waals surface area contributed by atoms with Crippen LogP contribution in [0.5, 0.6) is 0 Å². The lowest BCUT2D eigenvalue weighted by atomic mass is 10.2. The van der Waals surface area contributed by atoms with Crippen molar-refractivity contribution in [2.75, 3.05) is 18.5 Å². The van der Waals surface area contributed by atoms with Crippen molar-refractivity contribution in [2.24, 2.45) is 0 Å². The summed E-state index contributed by atoms with van der Waals surface area (Å²) in [7, 11) is 0. The molecule has 8 nitrogen and oxygen atoms in total. The van der Waals surface area contributed by atoms with Crippen molar-refractivity contribution >= 4 is 58.1 Å². The number of hydrogen-bond acceptors (Lipinski definition) is 6. The van der Waals surface area contributed by atoms with E-state index >= 15 is 0 Å². The molecule has 1 fully saturated rings. The molecule has 1 aliphatic heterocycles. The van der Waals surface area contributed by atoms with Crippen LogP contribution in [0.1, 0.15) is 35.8 Å². The second-order valence-corrected chi connectivity index (χ2v) is 8.03. The molecule has 0 atom stereocenters. The number of carbonyl (C=O) groups is 4. The fraction of sp³-hybridized carbons (Fsp3) is 0.238. The van der Waals surface area contributed by atoms with Crippen LogP contribution in [0.15, 0.2) is 41.4 Å². The van der Waals surface area contributed by atoms with Gasteiger partial charge in [0.1, 0.15) is 6.54 Å². The van der Waals surface area contributed by atoms with E-state index in [1.807, 2.05) is 6.92 Å². The van der Waals surface area contributed by atoms with Gasteiger partial charge in [-0.2, -0.15) is 0 Å². The number of nitrogens with zero attached hydrogens (tertiary/aromatic N) is 1. The van der Waals surface area contributed by atoms with Gasteiger partial charge in [-0.1, -0.05) is 24.9 Å². The lowest BCUT2D eigenvalue weighted by molar-refractivity contribution is -0.127. The molecule has 1 aliphatic rings. The summed E-state index contributed by atoms with van der Waals surface area (Å²) in [5, 5.41) is 2.23. The van der Waals surface area contributed by atoms with Gasteiger partial charge < -0.3 is 15.0 Å². The number of imide groups is 1. The Balaban J connectivity index is 1.64. The molecule has 10 heteroatoms. The number of aromatic nitrogens is 1. The van der Waals surface area contributed by atoms with Gasteiger partial charge in [-0.25, -0.2) is 4.79 Å². The molecule has 1 aromatic heterocycles. The number of unbranched alkanes of at least 4 members (excludes halogenated alkanes) is 1. The van der Waals surface area contributed by atoms with Crippen LogP contribution in [0.2, 0.25) is 5.02 Å². The summed E-state index contributed by atoms with van der Waals surface area (Å²) in [6.07, 6.45) is 4.86. The lowest BCUT2D eigenvalue weighted by Crippen LogP contribution is -2.36. The topological polar surface area (TPSA) is 109 Å². The Morgan fingerprint density at radius 3 is 2.81 bits per heavy atom. The average molecular weight is 462 g/mol. The molecule has 0 spiro atoms. The van der Waals surface area contributed by atoms with Gasteiger partial charge in [0.05, 0.1) is 22.1 Å². The van der Waals surface area contributed by atoms with E-state index in [2.05, 4.69) is 10.3 Å². The number of nitrogens with one attached hydrogen (secondary N) is 2. The summed E-state index contributed by atoms with van der Waals surface area (Å²) < 4.78 is 5.15. The van der Waals surface area contributed by atoms with Gasteiger partial charge in [0.25, 0.3) is 11.1 Å². The minimum atomic E-state index is -0.588. The Morgan fingerprint density at radius 2 is 2.10 bits per heavy atom. The van der Waals surface area contributed by atoms with E-state index < -0.39 is 29.6 Å². The maximum Gasteiger partial charge on any atom is 0.339 e. The minimum absolute atomic E-state index is 0.121. The van der Waals surface area contributed by atoms with Gasteiger partial charge in [0, 0.05) is 17.6 Å². The van der Waals surface area contributed by atoms with Crippen LogP contribution in [0, 0.1) is 0 Å². The summed E-state index contributed by atoms with van der Waals surface area (Å²) in [5.41, 5.74) is 1.09. The van der Waals surface area contributed by atoms with E-state index in [0.29, 0.717) is 11.4 Å². The number of halogens is 1. The van der Waals surface area contributed by atoms with Crippen LogP contribution in [0.25, 0.3) is 6.08 Å². The van der Waals surface area contributed by atoms with E-state index in [1.165, 1.54) is 18.2 Å². The minimum Gasteiger partial charge on any atom is -0.462 e. The number of rotatable bonds is 8. The van der Waals surface area contributed by atoms with Crippen LogP contribution in [-0.4, -0.2) is 46.1 Å². The van der Waals surface area contributed by atoms with E-state index in [4.69, 9.17) is 16.3 Å². The van der Waals surface area contributed by atoms with Gasteiger partial charge in [-0.15, -0.1) is 0 Å². The molecule has 2 aromatic rings. The van der Waals surface area contributed by atoms with Crippen molar-refractivity contribution in [1.29, 1.82) is 0 Å². The monoisotopic (exact) mass is 461 g/mol. The Morgan fingerprint density at radius 1 is 1.29 bits per heavy atom. The third-order valence-corrected chi connectivity index (χ3v) is 5.52. The van der Waals surface area contributed by atoms with Crippen molar-refractivity contribution < 1.29 is 23.9 Å². The SMILES string of the molecule is CCCCOC(=O)c1cc(NC(=O)CN2C(=O)S/C(=C/c3ccc[nH]3)C2=O)ccc1Cl. The predicted molar refractivity (Wildman–Crippen MR) is 119 cm³/mol. The van der Waals surface area contributed by atoms with Gasteiger partial charge in [-0.05, 0) is 54.6 Å². The highest BCUT2D eigenvalue weighted by Crippen LogP contribution is 2.32. The van der Waals surface area contributed by atoms with Crippen molar-refractivity contribution in [3.63, 3.8) is 0 Å². The highest BCUT2D eigenvalue weighted by atomic mass is 35.5. The van der Waals surface area contributed by atoms with E-state index in [-0.39, 0.29) is 22.1 Å². The summed E-state index contributed by atoms with van der Waals surface area (Å²) >= 11 is 6.83. The molecule has 3 rings (SSSR count). The van der Waals surface area contributed by atoms with Crippen molar-refractivity contribution in [1.82, 2.24) is 9.88 Å². The Hall–Kier alpha value is -3.04. The fourth-order valence-electron chi connectivity index (χ4n) is 2.70. The van der Waals surface area contributed by atoms with Gasteiger partial charge in [-0.3, -0.25) is 19.3 Å². The normalized spacial score (nSPS) is 14.9. The summed E-state index contributed by atoms with van der Waals surface area (Å²) in [4.78, 5) is 53.3. The molecule has 0 radical (unpaired) electrons. The number of benzene rings is 1. The molecule has 31 heavy (non-hydrogen) atoms. The van der Waals surface area contributed by atoms with E-state index in [9.17, 15) is 19.2 Å². The van der Waals surface area contributed by atoms with Crippen LogP contribution in [-0.2, 0) is 14.3 Å². The van der Waals surface area contributed by atoms with Crippen LogP contribution >= 0.6 is 23.4 Å². The first-order valence-electron chi connectivity index (χ1n) is 9.54. The molecule has 3 amide bonds. The number of esters is 1. The quantitative estimate of drug-likeness (QED) is 0.344. The number of hydrogen-bond donors (Lipinski definition) is 2. The molecule has 2 heterocycles. The maximum atomic E-state index is 12.5. The van der Waals surface area contributed by atoms with Crippen molar-refractivity contribution in [3.05, 3.63) is 57.7 Å². The van der Waals surface area contributed by atoms with Gasteiger partial charge in [0.15, 0.2) is 0 Å². The fourth-order valence-corrected chi connectivity index (χ4v) is 3.73. The first-order valence-corrected chi connectivity index (χ1v) is 10.7. The smallest absolute Gasteiger partial charge is 0.339 e. The second kappa shape index (κ2) is 10.3. The highest BCUT2D eigenvalue weighted by molar-refractivity contribution is 8.18. The number of amides is 3. The van der Waals surface area contributed by atoms with Crippen LogP contribution in [0.3, 0.4) is 0 Å². The van der Waals surface area contributed by atoms with Crippen molar-refractivity contribution in [3.8, 4) is 0 Å².